The number of nitrogens with one attached hydrogen (secondary N) is 2. The Morgan fingerprint density at radius 2 is 1.89 bits per heavy atom. The number of halogens is 1. The summed E-state index contributed by atoms with van der Waals surface area (Å²) in [6, 6.07) is 19.2. The number of nitrogens with zero attached hydrogens (tertiary/aromatic N) is 3. The van der Waals surface area contributed by atoms with Gasteiger partial charge in [-0.15, -0.1) is 11.8 Å². The summed E-state index contributed by atoms with van der Waals surface area (Å²) in [6.45, 7) is 4.98. The molecular formula is C33H34ClN5O6S. The van der Waals surface area contributed by atoms with Crippen LogP contribution in [0.2, 0.25) is 5.02 Å². The minimum atomic E-state index is -0.537. The van der Waals surface area contributed by atoms with Gasteiger partial charge in [0.25, 0.3) is 5.91 Å². The van der Waals surface area contributed by atoms with Crippen LogP contribution in [0, 0.1) is 0 Å². The first kappa shape index (κ1) is 31.7. The zero-order valence-corrected chi connectivity index (χ0v) is 26.8. The van der Waals surface area contributed by atoms with Gasteiger partial charge in [-0.2, -0.15) is 0 Å². The second-order valence-corrected chi connectivity index (χ2v) is 12.2. The molecule has 3 aromatic carbocycles. The first-order valence-electron chi connectivity index (χ1n) is 14.9. The first-order chi connectivity index (χ1) is 22.5. The highest BCUT2D eigenvalue weighted by Gasteiger charge is 2.34. The van der Waals surface area contributed by atoms with Crippen molar-refractivity contribution in [3.63, 3.8) is 0 Å². The van der Waals surface area contributed by atoms with Gasteiger partial charge >= 0.3 is 6.03 Å². The average Bonchev–Trinajstić information content (AvgIpc) is 3.42. The summed E-state index contributed by atoms with van der Waals surface area (Å²) in [4.78, 5) is 32.2. The van der Waals surface area contributed by atoms with Crippen LogP contribution in [0.25, 0.3) is 10.9 Å². The van der Waals surface area contributed by atoms with Crippen LogP contribution in [0.3, 0.4) is 0 Å². The molecule has 4 aromatic rings. The van der Waals surface area contributed by atoms with Gasteiger partial charge < -0.3 is 24.3 Å². The van der Waals surface area contributed by atoms with Crippen molar-refractivity contribution in [2.75, 3.05) is 57.6 Å². The van der Waals surface area contributed by atoms with Gasteiger partial charge in [-0.25, -0.2) is 15.2 Å². The van der Waals surface area contributed by atoms with Crippen LogP contribution in [0.5, 0.6) is 23.0 Å². The van der Waals surface area contributed by atoms with Crippen LogP contribution in [0.1, 0.15) is 17.4 Å². The van der Waals surface area contributed by atoms with Gasteiger partial charge in [0.2, 0.25) is 0 Å². The summed E-state index contributed by atoms with van der Waals surface area (Å²) < 4.78 is 23.4. The van der Waals surface area contributed by atoms with Crippen molar-refractivity contribution in [1.29, 1.82) is 0 Å². The zero-order chi connectivity index (χ0) is 31.9. The molecule has 0 bridgehead atoms. The van der Waals surface area contributed by atoms with E-state index < -0.39 is 11.4 Å². The predicted octanol–water partition coefficient (Wildman–Crippen LogP) is 6.10. The summed E-state index contributed by atoms with van der Waals surface area (Å²) in [7, 11) is 1.61. The topological polar surface area (TPSA) is 114 Å². The van der Waals surface area contributed by atoms with E-state index in [0.29, 0.717) is 40.3 Å². The maximum atomic E-state index is 12.6. The molecule has 2 fully saturated rings. The minimum Gasteiger partial charge on any atom is -0.493 e. The van der Waals surface area contributed by atoms with Crippen molar-refractivity contribution in [3.8, 4) is 23.0 Å². The Balaban J connectivity index is 1.10. The lowest BCUT2D eigenvalue weighted by molar-refractivity contribution is -0.130. The maximum Gasteiger partial charge on any atom is 0.338 e. The number of morpholine rings is 1. The third-order valence-electron chi connectivity index (χ3n) is 7.53. The molecule has 11 nitrogen and oxygen atoms in total. The van der Waals surface area contributed by atoms with Crippen molar-refractivity contribution in [3.05, 3.63) is 83.5 Å². The fraction of sp³-hybridized carbons (Fsp3) is 0.303. The molecule has 1 aromatic heterocycles. The molecule has 240 valence electrons. The number of aromatic nitrogens is 1. The van der Waals surface area contributed by atoms with Gasteiger partial charge in [-0.05, 0) is 54.4 Å². The molecule has 6 rings (SSSR count). The van der Waals surface area contributed by atoms with Gasteiger partial charge in [0, 0.05) is 48.0 Å². The number of benzene rings is 3. The molecule has 0 aliphatic carbocycles. The van der Waals surface area contributed by atoms with Crippen molar-refractivity contribution >= 4 is 51.9 Å². The van der Waals surface area contributed by atoms with Gasteiger partial charge in [0.05, 0.1) is 38.2 Å². The van der Waals surface area contributed by atoms with E-state index in [0.717, 1.165) is 55.7 Å². The monoisotopic (exact) mass is 663 g/mol. The number of hydrazine groups is 1. The second kappa shape index (κ2) is 14.9. The lowest BCUT2D eigenvalue weighted by atomic mass is 10.1. The summed E-state index contributed by atoms with van der Waals surface area (Å²) in [5, 5.41) is 4.92. The minimum absolute atomic E-state index is 0.200. The van der Waals surface area contributed by atoms with E-state index in [2.05, 4.69) is 20.6 Å². The molecule has 0 spiro atoms. The molecule has 2 saturated heterocycles. The number of fused-ring (bicyclic) bond motifs is 1. The van der Waals surface area contributed by atoms with E-state index in [4.69, 9.17) is 30.5 Å². The van der Waals surface area contributed by atoms with E-state index in [-0.39, 0.29) is 11.7 Å². The van der Waals surface area contributed by atoms with Crippen LogP contribution < -0.4 is 25.0 Å². The molecular weight excluding hydrogens is 630 g/mol. The molecule has 46 heavy (non-hydrogen) atoms. The Morgan fingerprint density at radius 1 is 1.07 bits per heavy atom. The predicted molar refractivity (Wildman–Crippen MR) is 178 cm³/mol. The molecule has 2 aliphatic heterocycles. The maximum absolute atomic E-state index is 12.6. The Labute approximate surface area is 276 Å². The van der Waals surface area contributed by atoms with Crippen LogP contribution in [0.4, 0.5) is 10.5 Å². The van der Waals surface area contributed by atoms with E-state index in [1.165, 1.54) is 16.8 Å². The molecule has 3 heterocycles. The number of anilines is 1. The van der Waals surface area contributed by atoms with Crippen molar-refractivity contribution in [2.45, 2.75) is 11.8 Å². The number of carbonyl (C=O) groups is 2. The molecule has 13 heteroatoms. The number of thioether (sulfide) groups is 1. The highest BCUT2D eigenvalue weighted by Crippen LogP contribution is 2.40. The molecule has 1 unspecified atom stereocenters. The molecule has 2 aliphatic rings. The van der Waals surface area contributed by atoms with Crippen molar-refractivity contribution in [2.24, 2.45) is 0 Å². The molecule has 0 saturated carbocycles. The molecule has 2 N–H and O–H groups in total. The third-order valence-corrected chi connectivity index (χ3v) is 8.98. The summed E-state index contributed by atoms with van der Waals surface area (Å²) >= 11 is 7.44. The number of pyridine rings is 1. The number of hydrogen-bond acceptors (Lipinski definition) is 9. The Hall–Kier alpha value is -4.23. The Morgan fingerprint density at radius 3 is 2.67 bits per heavy atom. The summed E-state index contributed by atoms with van der Waals surface area (Å²) in [5.41, 5.74) is 4.74. The van der Waals surface area contributed by atoms with E-state index >= 15 is 0 Å². The van der Waals surface area contributed by atoms with Crippen LogP contribution in [-0.2, 0) is 9.53 Å². The second-order valence-electron chi connectivity index (χ2n) is 10.7. The average molecular weight is 664 g/mol. The first-order valence-corrected chi connectivity index (χ1v) is 16.3. The number of ether oxygens (including phenoxy) is 4. The Bertz CT molecular complexity index is 1690. The standard InChI is InChI=1S/C33H34ClN5O6S/c1-42-29-19-26-27(20-30(29)44-15-3-12-38-13-16-43-17-14-38)35-11-10-28(26)45-25-8-6-22(7-9-25)32-39(31(40)21-46-32)37-33(41)36-24-5-2-4-23(34)18-24/h2,4-11,18-20,32H,3,12-17,21H2,1H3,(H2,36,37,41). The number of rotatable bonds is 11. The SMILES string of the molecule is COc1cc2c(Oc3ccc(C4SCC(=O)N4NC(=O)Nc4cccc(Cl)c4)cc3)ccnc2cc1OCCCN1CCOCC1. The highest BCUT2D eigenvalue weighted by molar-refractivity contribution is 8.00. The Kier molecular flexibility index (Phi) is 10.3. The third kappa shape index (κ3) is 7.76. The van der Waals surface area contributed by atoms with Gasteiger partial charge in [-0.1, -0.05) is 29.8 Å². The quantitative estimate of drug-likeness (QED) is 0.184. The molecule has 3 amide bonds. The van der Waals surface area contributed by atoms with Crippen LogP contribution in [-0.4, -0.2) is 79.1 Å². The fourth-order valence-corrected chi connectivity index (χ4v) is 6.54. The van der Waals surface area contributed by atoms with E-state index in [9.17, 15) is 9.59 Å². The number of hydrogen-bond donors (Lipinski definition) is 2. The van der Waals surface area contributed by atoms with E-state index in [1.54, 1.807) is 43.6 Å². The molecule has 0 radical (unpaired) electrons. The lowest BCUT2D eigenvalue weighted by Gasteiger charge is -2.26. The van der Waals surface area contributed by atoms with Crippen LogP contribution >= 0.6 is 23.4 Å². The van der Waals surface area contributed by atoms with Crippen molar-refractivity contribution in [1.82, 2.24) is 20.3 Å². The fourth-order valence-electron chi connectivity index (χ4n) is 5.24. The smallest absolute Gasteiger partial charge is 0.338 e. The summed E-state index contributed by atoms with van der Waals surface area (Å²) in [5.74, 6) is 2.49. The highest BCUT2D eigenvalue weighted by atomic mass is 35.5. The largest absolute Gasteiger partial charge is 0.493 e. The van der Waals surface area contributed by atoms with Gasteiger partial charge in [-0.3, -0.25) is 14.7 Å². The zero-order valence-electron chi connectivity index (χ0n) is 25.2. The van der Waals surface area contributed by atoms with E-state index in [1.807, 2.05) is 36.4 Å². The number of methoxy groups -OCH3 is 1. The number of urea groups is 1. The lowest BCUT2D eigenvalue weighted by Crippen LogP contribution is -2.46. The van der Waals surface area contributed by atoms with Gasteiger partial charge in [0.15, 0.2) is 11.5 Å². The normalized spacial score (nSPS) is 16.8. The molecule has 1 atom stereocenters. The number of carbonyl (C=O) groups excluding carboxylic acids is 2. The van der Waals surface area contributed by atoms with Crippen LogP contribution in [0.15, 0.2) is 72.9 Å². The number of amides is 3. The van der Waals surface area contributed by atoms with Crippen molar-refractivity contribution < 1.29 is 28.5 Å². The van der Waals surface area contributed by atoms with Gasteiger partial charge in [0.1, 0.15) is 16.9 Å². The summed E-state index contributed by atoms with van der Waals surface area (Å²) in [6.07, 6.45) is 2.59.